The van der Waals surface area contributed by atoms with Gasteiger partial charge in [-0.2, -0.15) is 0 Å². The molecule has 0 radical (unpaired) electrons. The quantitative estimate of drug-likeness (QED) is 0.502. The number of methoxy groups -OCH3 is 1. The molecule has 1 fully saturated rings. The molecule has 0 saturated heterocycles. The van der Waals surface area contributed by atoms with Gasteiger partial charge in [0.2, 0.25) is 5.91 Å². The van der Waals surface area contributed by atoms with Crippen molar-refractivity contribution in [2.75, 3.05) is 12.4 Å². The molecule has 0 spiro atoms. The molecular formula is C26H32N2O4S. The van der Waals surface area contributed by atoms with Crippen molar-refractivity contribution in [3.05, 3.63) is 38.4 Å². The van der Waals surface area contributed by atoms with Crippen molar-refractivity contribution >= 4 is 28.9 Å². The van der Waals surface area contributed by atoms with Crippen molar-refractivity contribution in [3.63, 3.8) is 0 Å². The number of carbonyl (C=O) groups is 2. The second-order valence-electron chi connectivity index (χ2n) is 9.79. The fourth-order valence-electron chi connectivity index (χ4n) is 3.91. The van der Waals surface area contributed by atoms with Gasteiger partial charge in [0.1, 0.15) is 4.88 Å². The Morgan fingerprint density at radius 1 is 1.21 bits per heavy atom. The molecule has 2 aromatic heterocycles. The molecule has 7 heteroatoms. The van der Waals surface area contributed by atoms with Gasteiger partial charge in [-0.15, -0.1) is 11.3 Å². The largest absolute Gasteiger partial charge is 0.465 e. The van der Waals surface area contributed by atoms with Crippen molar-refractivity contribution in [3.8, 4) is 23.0 Å². The Morgan fingerprint density at radius 3 is 2.48 bits per heavy atom. The van der Waals surface area contributed by atoms with E-state index >= 15 is 0 Å². The number of hydrogen-bond acceptors (Lipinski definition) is 5. The van der Waals surface area contributed by atoms with E-state index in [9.17, 15) is 14.4 Å². The molecule has 0 aliphatic heterocycles. The first kappa shape index (κ1) is 24.8. The zero-order valence-corrected chi connectivity index (χ0v) is 21.0. The molecule has 176 valence electrons. The van der Waals surface area contributed by atoms with Crippen LogP contribution >= 0.6 is 11.3 Å². The number of nitrogens with zero attached hydrogens (tertiary/aromatic N) is 1. The summed E-state index contributed by atoms with van der Waals surface area (Å²) in [4.78, 5) is 39.8. The average Bonchev–Trinajstić information content (AvgIpc) is 3.11. The van der Waals surface area contributed by atoms with Gasteiger partial charge in [-0.05, 0) is 64.5 Å². The lowest BCUT2D eigenvalue weighted by Gasteiger charge is -2.25. The number of pyridine rings is 1. The Hall–Kier alpha value is -2.85. The summed E-state index contributed by atoms with van der Waals surface area (Å²) in [6, 6.07) is 3.47. The van der Waals surface area contributed by atoms with Crippen molar-refractivity contribution in [1.82, 2.24) is 4.57 Å². The molecule has 2 aromatic rings. The standard InChI is InChI=1S/C26H32N2O4S/c1-16-9-11-17(12-10-16)23(29)27-21-20(18-8-7-15-28(5)24(18)30)19(13-14-26(2,3)4)33-22(21)25(31)32-6/h7-8,15-17H,9-12H2,1-6H3,(H,27,29)/t16-,17-. The lowest BCUT2D eigenvalue weighted by Crippen LogP contribution is -2.27. The minimum Gasteiger partial charge on any atom is -0.465 e. The van der Waals surface area contributed by atoms with Crippen LogP contribution < -0.4 is 10.9 Å². The molecule has 1 amide bonds. The van der Waals surface area contributed by atoms with Gasteiger partial charge in [0.15, 0.2) is 0 Å². The van der Waals surface area contributed by atoms with Crippen LogP contribution in [0.5, 0.6) is 0 Å². The van der Waals surface area contributed by atoms with Gasteiger partial charge < -0.3 is 14.6 Å². The Bertz CT molecular complexity index is 1170. The van der Waals surface area contributed by atoms with E-state index in [1.54, 1.807) is 25.4 Å². The van der Waals surface area contributed by atoms with Crippen LogP contribution in [0.4, 0.5) is 5.69 Å². The number of thiophene rings is 1. The van der Waals surface area contributed by atoms with Crippen LogP contribution in [-0.4, -0.2) is 23.6 Å². The van der Waals surface area contributed by atoms with Crippen LogP contribution in [0, 0.1) is 29.1 Å². The second kappa shape index (κ2) is 9.96. The molecule has 1 N–H and O–H groups in total. The van der Waals surface area contributed by atoms with E-state index in [-0.39, 0.29) is 27.7 Å². The summed E-state index contributed by atoms with van der Waals surface area (Å²) in [6.07, 6.45) is 5.29. The summed E-state index contributed by atoms with van der Waals surface area (Å²) in [7, 11) is 2.97. The minimum absolute atomic E-state index is 0.123. The van der Waals surface area contributed by atoms with Crippen molar-refractivity contribution in [2.24, 2.45) is 24.3 Å². The number of aromatic nitrogens is 1. The molecule has 33 heavy (non-hydrogen) atoms. The van der Waals surface area contributed by atoms with E-state index in [0.29, 0.717) is 27.6 Å². The highest BCUT2D eigenvalue weighted by molar-refractivity contribution is 7.15. The predicted octanol–water partition coefficient (Wildman–Crippen LogP) is 5.06. The van der Waals surface area contributed by atoms with E-state index in [0.717, 1.165) is 37.0 Å². The summed E-state index contributed by atoms with van der Waals surface area (Å²) in [6.45, 7) is 8.17. The average molecular weight is 469 g/mol. The Labute approximate surface area is 199 Å². The maximum atomic E-state index is 13.2. The fourth-order valence-corrected chi connectivity index (χ4v) is 4.95. The summed E-state index contributed by atoms with van der Waals surface area (Å²) in [5.41, 5.74) is 0.675. The first-order chi connectivity index (χ1) is 15.5. The zero-order chi connectivity index (χ0) is 24.3. The highest BCUT2D eigenvalue weighted by Crippen LogP contribution is 2.41. The van der Waals surface area contributed by atoms with Gasteiger partial charge in [0.05, 0.1) is 23.2 Å². The maximum absolute atomic E-state index is 13.2. The van der Waals surface area contributed by atoms with Gasteiger partial charge in [0.25, 0.3) is 5.56 Å². The van der Waals surface area contributed by atoms with Crippen molar-refractivity contribution in [2.45, 2.75) is 53.4 Å². The van der Waals surface area contributed by atoms with Crippen LogP contribution in [0.2, 0.25) is 0 Å². The van der Waals surface area contributed by atoms with Gasteiger partial charge >= 0.3 is 5.97 Å². The molecule has 0 atom stereocenters. The fraction of sp³-hybridized carbons (Fsp3) is 0.500. The van der Waals surface area contributed by atoms with Crippen LogP contribution in [0.1, 0.15) is 67.9 Å². The molecular weight excluding hydrogens is 436 g/mol. The molecule has 1 aliphatic rings. The van der Waals surface area contributed by atoms with E-state index in [1.165, 1.54) is 11.7 Å². The monoisotopic (exact) mass is 468 g/mol. The van der Waals surface area contributed by atoms with E-state index < -0.39 is 5.97 Å². The SMILES string of the molecule is COC(=O)c1sc(C#CC(C)(C)C)c(-c2cccn(C)c2=O)c1NC(=O)[C@H]1CC[C@H](C)CC1. The smallest absolute Gasteiger partial charge is 0.350 e. The maximum Gasteiger partial charge on any atom is 0.350 e. The number of carbonyl (C=O) groups excluding carboxylic acids is 2. The number of ether oxygens (including phenoxy) is 1. The van der Waals surface area contributed by atoms with Crippen molar-refractivity contribution < 1.29 is 14.3 Å². The predicted molar refractivity (Wildman–Crippen MR) is 132 cm³/mol. The molecule has 1 saturated carbocycles. The third-order valence-corrected chi connectivity index (χ3v) is 6.94. The van der Waals surface area contributed by atoms with Gasteiger partial charge in [0, 0.05) is 30.1 Å². The molecule has 1 aliphatic carbocycles. The Morgan fingerprint density at radius 2 is 1.88 bits per heavy atom. The van der Waals surface area contributed by atoms with E-state index in [4.69, 9.17) is 4.74 Å². The lowest BCUT2D eigenvalue weighted by atomic mass is 9.82. The summed E-state index contributed by atoms with van der Waals surface area (Å²) in [5.74, 6) is 6.14. The Kier molecular flexibility index (Phi) is 7.48. The number of nitrogens with one attached hydrogen (secondary N) is 1. The minimum atomic E-state index is -0.564. The summed E-state index contributed by atoms with van der Waals surface area (Å²) >= 11 is 1.15. The molecule has 6 nitrogen and oxygen atoms in total. The highest BCUT2D eigenvalue weighted by Gasteiger charge is 2.30. The van der Waals surface area contributed by atoms with Crippen LogP contribution in [0.3, 0.4) is 0 Å². The van der Waals surface area contributed by atoms with E-state index in [1.807, 2.05) is 20.8 Å². The number of rotatable bonds is 4. The molecule has 3 rings (SSSR count). The molecule has 0 unspecified atom stereocenters. The van der Waals surface area contributed by atoms with Gasteiger partial charge in [-0.1, -0.05) is 18.8 Å². The lowest BCUT2D eigenvalue weighted by molar-refractivity contribution is -0.121. The highest BCUT2D eigenvalue weighted by atomic mass is 32.1. The van der Waals surface area contributed by atoms with Crippen molar-refractivity contribution in [1.29, 1.82) is 0 Å². The number of hydrogen-bond donors (Lipinski definition) is 1. The first-order valence-electron chi connectivity index (χ1n) is 11.3. The van der Waals surface area contributed by atoms with Crippen LogP contribution in [-0.2, 0) is 16.6 Å². The summed E-state index contributed by atoms with van der Waals surface area (Å²) in [5, 5.41) is 3.00. The van der Waals surface area contributed by atoms with Crippen LogP contribution in [0.25, 0.3) is 11.1 Å². The summed E-state index contributed by atoms with van der Waals surface area (Å²) < 4.78 is 6.48. The second-order valence-corrected chi connectivity index (χ2v) is 10.8. The topological polar surface area (TPSA) is 77.4 Å². The van der Waals surface area contributed by atoms with E-state index in [2.05, 4.69) is 24.1 Å². The van der Waals surface area contributed by atoms with Crippen LogP contribution in [0.15, 0.2) is 23.1 Å². The first-order valence-corrected chi connectivity index (χ1v) is 12.1. The number of amides is 1. The third-order valence-electron chi connectivity index (χ3n) is 5.86. The molecule has 2 heterocycles. The number of esters is 1. The normalized spacial score (nSPS) is 18.2. The van der Waals surface area contributed by atoms with Gasteiger partial charge in [-0.3, -0.25) is 9.59 Å². The Balaban J connectivity index is 2.20. The van der Waals surface area contributed by atoms with Gasteiger partial charge in [-0.25, -0.2) is 4.79 Å². The third kappa shape index (κ3) is 5.75. The zero-order valence-electron chi connectivity index (χ0n) is 20.2. The molecule has 0 bridgehead atoms. The number of anilines is 1. The molecule has 0 aromatic carbocycles. The number of aryl methyl sites for hydroxylation is 1.